The summed E-state index contributed by atoms with van der Waals surface area (Å²) in [6, 6.07) is 0. The van der Waals surface area contributed by atoms with Crippen molar-refractivity contribution in [1.29, 1.82) is 0 Å². The summed E-state index contributed by atoms with van der Waals surface area (Å²) in [5.41, 5.74) is -0.814. The Kier molecular flexibility index (Phi) is 3.54. The van der Waals surface area contributed by atoms with Crippen LogP contribution in [-0.4, -0.2) is 41.2 Å². The smallest absolute Gasteiger partial charge is 0.322 e. The highest BCUT2D eigenvalue weighted by atomic mass is 16.5. The molecule has 6 heteroatoms. The van der Waals surface area contributed by atoms with Crippen molar-refractivity contribution in [2.45, 2.75) is 25.4 Å². The minimum atomic E-state index is -1.15. The Bertz CT molecular complexity index is 345. The van der Waals surface area contributed by atoms with E-state index in [1.807, 2.05) is 0 Å². The molecule has 0 amide bonds. The molecule has 0 aromatic carbocycles. The lowest BCUT2D eigenvalue weighted by Crippen LogP contribution is -2.39. The van der Waals surface area contributed by atoms with Crippen LogP contribution in [0.3, 0.4) is 0 Å². The standard InChI is InChI=1S/C10H15NO5/c1-10(15)3-6(11-5-8(13)14)9(16-2)7(12)4-10/h11,15H,3-5H2,1-2H3,(H,13,14). The van der Waals surface area contributed by atoms with Gasteiger partial charge in [0, 0.05) is 12.8 Å². The zero-order chi connectivity index (χ0) is 12.3. The molecule has 1 rings (SSSR count). The summed E-state index contributed by atoms with van der Waals surface area (Å²) in [6.07, 6.45) is 0.156. The number of rotatable bonds is 4. The maximum absolute atomic E-state index is 11.6. The predicted molar refractivity (Wildman–Crippen MR) is 54.5 cm³/mol. The van der Waals surface area contributed by atoms with Crippen LogP contribution in [0.5, 0.6) is 0 Å². The van der Waals surface area contributed by atoms with Gasteiger partial charge in [0.25, 0.3) is 0 Å². The first kappa shape index (κ1) is 12.5. The number of methoxy groups -OCH3 is 1. The Labute approximate surface area is 92.9 Å². The first-order valence-corrected chi connectivity index (χ1v) is 4.84. The fourth-order valence-electron chi connectivity index (χ4n) is 1.68. The van der Waals surface area contributed by atoms with E-state index >= 15 is 0 Å². The summed E-state index contributed by atoms with van der Waals surface area (Å²) >= 11 is 0. The third-order valence-corrected chi connectivity index (χ3v) is 2.28. The summed E-state index contributed by atoms with van der Waals surface area (Å²) < 4.78 is 4.91. The third-order valence-electron chi connectivity index (χ3n) is 2.28. The summed E-state index contributed by atoms with van der Waals surface area (Å²) in [7, 11) is 1.34. The summed E-state index contributed by atoms with van der Waals surface area (Å²) in [5.74, 6) is -1.26. The second kappa shape index (κ2) is 4.52. The van der Waals surface area contributed by atoms with Crippen molar-refractivity contribution >= 4 is 11.8 Å². The van der Waals surface area contributed by atoms with E-state index in [0.717, 1.165) is 0 Å². The van der Waals surface area contributed by atoms with Crippen molar-refractivity contribution < 1.29 is 24.5 Å². The highest BCUT2D eigenvalue weighted by Gasteiger charge is 2.35. The number of Topliss-reactive ketones (excluding diaryl/α,β-unsaturated/α-hetero) is 1. The van der Waals surface area contributed by atoms with Gasteiger partial charge in [0.2, 0.25) is 5.78 Å². The summed E-state index contributed by atoms with van der Waals surface area (Å²) in [5, 5.41) is 20.9. The molecule has 0 saturated heterocycles. The Balaban J connectivity index is 2.88. The van der Waals surface area contributed by atoms with E-state index in [1.54, 1.807) is 0 Å². The number of nitrogens with one attached hydrogen (secondary N) is 1. The number of ether oxygens (including phenoxy) is 1. The lowest BCUT2D eigenvalue weighted by Gasteiger charge is -2.30. The van der Waals surface area contributed by atoms with E-state index in [-0.39, 0.29) is 30.9 Å². The molecule has 0 fully saturated rings. The molecule has 0 aliphatic heterocycles. The van der Waals surface area contributed by atoms with Gasteiger partial charge in [-0.3, -0.25) is 9.59 Å². The number of carbonyl (C=O) groups is 2. The fraction of sp³-hybridized carbons (Fsp3) is 0.600. The van der Waals surface area contributed by atoms with Crippen LogP contribution in [0.25, 0.3) is 0 Å². The van der Waals surface area contributed by atoms with Crippen LogP contribution >= 0.6 is 0 Å². The largest absolute Gasteiger partial charge is 0.491 e. The SMILES string of the molecule is COC1=C(NCC(=O)O)CC(C)(O)CC1=O. The molecule has 6 nitrogen and oxygen atoms in total. The van der Waals surface area contributed by atoms with E-state index < -0.39 is 11.6 Å². The van der Waals surface area contributed by atoms with Crippen LogP contribution in [0.4, 0.5) is 0 Å². The molecular formula is C10H15NO5. The van der Waals surface area contributed by atoms with Gasteiger partial charge < -0.3 is 20.3 Å². The first-order chi connectivity index (χ1) is 7.35. The van der Waals surface area contributed by atoms with Crippen LogP contribution in [-0.2, 0) is 14.3 Å². The molecule has 0 saturated carbocycles. The molecule has 16 heavy (non-hydrogen) atoms. The maximum atomic E-state index is 11.6. The summed E-state index contributed by atoms with van der Waals surface area (Å²) in [6.45, 7) is 1.21. The van der Waals surface area contributed by atoms with Crippen LogP contribution in [0.1, 0.15) is 19.8 Å². The Morgan fingerprint density at radius 2 is 2.19 bits per heavy atom. The number of hydrogen-bond acceptors (Lipinski definition) is 5. The zero-order valence-electron chi connectivity index (χ0n) is 9.24. The quantitative estimate of drug-likeness (QED) is 0.609. The number of allylic oxidation sites excluding steroid dienone is 1. The second-order valence-electron chi connectivity index (χ2n) is 4.03. The molecule has 0 aromatic rings. The Hall–Kier alpha value is -1.56. The first-order valence-electron chi connectivity index (χ1n) is 4.84. The van der Waals surface area contributed by atoms with E-state index in [9.17, 15) is 14.7 Å². The summed E-state index contributed by atoms with van der Waals surface area (Å²) in [4.78, 5) is 22.0. The predicted octanol–water partition coefficient (Wildman–Crippen LogP) is -0.368. The fourth-order valence-corrected chi connectivity index (χ4v) is 1.68. The van der Waals surface area contributed by atoms with Gasteiger partial charge in [-0.25, -0.2) is 0 Å². The van der Waals surface area contributed by atoms with Crippen LogP contribution in [0.15, 0.2) is 11.5 Å². The number of hydrogen-bond donors (Lipinski definition) is 3. The molecule has 1 aliphatic rings. The van der Waals surface area contributed by atoms with E-state index in [0.29, 0.717) is 5.70 Å². The number of carboxylic acid groups (broad SMARTS) is 1. The number of carbonyl (C=O) groups excluding carboxylic acids is 1. The second-order valence-corrected chi connectivity index (χ2v) is 4.03. The van der Waals surface area contributed by atoms with E-state index in [4.69, 9.17) is 9.84 Å². The van der Waals surface area contributed by atoms with Crippen molar-refractivity contribution in [3.63, 3.8) is 0 Å². The topological polar surface area (TPSA) is 95.9 Å². The molecular weight excluding hydrogens is 214 g/mol. The van der Waals surface area contributed by atoms with Crippen LogP contribution in [0, 0.1) is 0 Å². The molecule has 1 aliphatic carbocycles. The van der Waals surface area contributed by atoms with Crippen LogP contribution < -0.4 is 5.32 Å². The van der Waals surface area contributed by atoms with Gasteiger partial charge in [0.05, 0.1) is 18.4 Å². The minimum Gasteiger partial charge on any atom is -0.491 e. The van der Waals surface area contributed by atoms with Crippen LogP contribution in [0.2, 0.25) is 0 Å². The molecule has 1 atom stereocenters. The normalized spacial score (nSPS) is 25.6. The monoisotopic (exact) mass is 229 g/mol. The minimum absolute atomic E-state index is 0.0194. The highest BCUT2D eigenvalue weighted by Crippen LogP contribution is 2.28. The van der Waals surface area contributed by atoms with Gasteiger partial charge in [-0.15, -0.1) is 0 Å². The van der Waals surface area contributed by atoms with Gasteiger partial charge in [-0.2, -0.15) is 0 Å². The van der Waals surface area contributed by atoms with Gasteiger partial charge in [-0.05, 0) is 6.92 Å². The average Bonchev–Trinajstić information content (AvgIpc) is 2.12. The average molecular weight is 229 g/mol. The molecule has 0 heterocycles. The molecule has 0 spiro atoms. The number of aliphatic carboxylic acids is 1. The zero-order valence-corrected chi connectivity index (χ0v) is 9.24. The lowest BCUT2D eigenvalue weighted by molar-refractivity contribution is -0.136. The number of aliphatic hydroxyl groups is 1. The Morgan fingerprint density at radius 3 is 2.69 bits per heavy atom. The van der Waals surface area contributed by atoms with Crippen molar-refractivity contribution in [3.8, 4) is 0 Å². The molecule has 1 unspecified atom stereocenters. The molecule has 3 N–H and O–H groups in total. The van der Waals surface area contributed by atoms with Crippen molar-refractivity contribution in [2.24, 2.45) is 0 Å². The number of ketones is 1. The van der Waals surface area contributed by atoms with E-state index in [2.05, 4.69) is 5.32 Å². The molecule has 0 radical (unpaired) electrons. The molecule has 0 bridgehead atoms. The third kappa shape index (κ3) is 2.96. The van der Waals surface area contributed by atoms with Crippen molar-refractivity contribution in [2.75, 3.05) is 13.7 Å². The van der Waals surface area contributed by atoms with Crippen molar-refractivity contribution in [1.82, 2.24) is 5.32 Å². The van der Waals surface area contributed by atoms with Gasteiger partial charge >= 0.3 is 5.97 Å². The highest BCUT2D eigenvalue weighted by molar-refractivity contribution is 5.95. The molecule has 90 valence electrons. The molecule has 0 aromatic heterocycles. The van der Waals surface area contributed by atoms with Crippen molar-refractivity contribution in [3.05, 3.63) is 11.5 Å². The van der Waals surface area contributed by atoms with Gasteiger partial charge in [-0.1, -0.05) is 0 Å². The number of carboxylic acids is 1. The van der Waals surface area contributed by atoms with Gasteiger partial charge in [0.15, 0.2) is 5.76 Å². The van der Waals surface area contributed by atoms with Gasteiger partial charge in [0.1, 0.15) is 6.54 Å². The lowest BCUT2D eigenvalue weighted by atomic mass is 9.87. The van der Waals surface area contributed by atoms with E-state index in [1.165, 1.54) is 14.0 Å². The maximum Gasteiger partial charge on any atom is 0.322 e. The Morgan fingerprint density at radius 1 is 1.56 bits per heavy atom.